The Balaban J connectivity index is 2.04. The van der Waals surface area contributed by atoms with Gasteiger partial charge in [0.15, 0.2) is 0 Å². The van der Waals surface area contributed by atoms with Gasteiger partial charge in [0.2, 0.25) is 0 Å². The highest BCUT2D eigenvalue weighted by Crippen LogP contribution is 2.40. The van der Waals surface area contributed by atoms with Crippen LogP contribution in [0.2, 0.25) is 0 Å². The highest BCUT2D eigenvalue weighted by Gasteiger charge is 2.31. The van der Waals surface area contributed by atoms with Crippen LogP contribution in [0.15, 0.2) is 18.5 Å². The Morgan fingerprint density at radius 3 is 2.87 bits per heavy atom. The Morgan fingerprint density at radius 2 is 2.27 bits per heavy atom. The van der Waals surface area contributed by atoms with Gasteiger partial charge in [-0.25, -0.2) is 0 Å². The molecule has 2 nitrogen and oxygen atoms in total. The lowest BCUT2D eigenvalue weighted by Crippen LogP contribution is -2.22. The van der Waals surface area contributed by atoms with E-state index in [-0.39, 0.29) is 0 Å². The summed E-state index contributed by atoms with van der Waals surface area (Å²) in [6.45, 7) is 6.63. The first-order valence-corrected chi connectivity index (χ1v) is 6.24. The number of hydrogen-bond acceptors (Lipinski definition) is 1. The van der Waals surface area contributed by atoms with Gasteiger partial charge in [0.1, 0.15) is 0 Å². The van der Waals surface area contributed by atoms with Crippen molar-refractivity contribution in [1.82, 2.24) is 9.88 Å². The smallest absolute Gasteiger partial charge is 0.0363 e. The molecule has 0 amide bonds. The van der Waals surface area contributed by atoms with Crippen LogP contribution in [0.3, 0.4) is 0 Å². The second-order valence-electron chi connectivity index (χ2n) is 4.56. The average Bonchev–Trinajstić information content (AvgIpc) is 2.96. The summed E-state index contributed by atoms with van der Waals surface area (Å²) in [5.41, 5.74) is 1.48. The lowest BCUT2D eigenvalue weighted by atomic mass is 10.1. The van der Waals surface area contributed by atoms with Crippen molar-refractivity contribution in [2.24, 2.45) is 5.92 Å². The van der Waals surface area contributed by atoms with Gasteiger partial charge in [-0.2, -0.15) is 0 Å². The second-order valence-corrected chi connectivity index (χ2v) is 4.56. The van der Waals surface area contributed by atoms with Gasteiger partial charge in [-0.1, -0.05) is 13.8 Å². The minimum atomic E-state index is 0.605. The first-order chi connectivity index (χ1) is 7.35. The molecule has 1 atom stereocenters. The molecule has 0 aliphatic heterocycles. The molecule has 2 heteroatoms. The molecule has 1 aliphatic rings. The fraction of sp³-hybridized carbons (Fsp3) is 0.692. The summed E-state index contributed by atoms with van der Waals surface area (Å²) in [5.74, 6) is 0.891. The molecule has 0 saturated heterocycles. The molecule has 1 unspecified atom stereocenters. The van der Waals surface area contributed by atoms with Crippen LogP contribution in [0.1, 0.15) is 44.7 Å². The molecule has 2 rings (SSSR count). The summed E-state index contributed by atoms with van der Waals surface area (Å²) in [5, 5.41) is 3.60. The highest BCUT2D eigenvalue weighted by molar-refractivity contribution is 5.18. The highest BCUT2D eigenvalue weighted by atomic mass is 15.0. The molecule has 0 aromatic carbocycles. The van der Waals surface area contributed by atoms with Crippen LogP contribution >= 0.6 is 0 Å². The Bertz CT molecular complexity index is 299. The maximum Gasteiger partial charge on any atom is 0.0363 e. The number of aryl methyl sites for hydroxylation is 1. The molecule has 1 aromatic heterocycles. The zero-order valence-electron chi connectivity index (χ0n) is 9.87. The van der Waals surface area contributed by atoms with Crippen molar-refractivity contribution in [3.63, 3.8) is 0 Å². The normalized spacial score (nSPS) is 18.0. The lowest BCUT2D eigenvalue weighted by molar-refractivity contribution is 0.495. The minimum absolute atomic E-state index is 0.605. The molecule has 0 radical (unpaired) electrons. The van der Waals surface area contributed by atoms with Crippen LogP contribution in [0.4, 0.5) is 0 Å². The second kappa shape index (κ2) is 4.84. The van der Waals surface area contributed by atoms with Gasteiger partial charge in [0.25, 0.3) is 0 Å². The van der Waals surface area contributed by atoms with Crippen LogP contribution in [-0.2, 0) is 6.54 Å². The van der Waals surface area contributed by atoms with Gasteiger partial charge in [-0.3, -0.25) is 0 Å². The summed E-state index contributed by atoms with van der Waals surface area (Å²) >= 11 is 0. The van der Waals surface area contributed by atoms with Crippen LogP contribution in [0.25, 0.3) is 0 Å². The van der Waals surface area contributed by atoms with E-state index >= 15 is 0 Å². The third-order valence-corrected chi connectivity index (χ3v) is 3.13. The van der Waals surface area contributed by atoms with Crippen molar-refractivity contribution in [3.8, 4) is 0 Å². The van der Waals surface area contributed by atoms with Gasteiger partial charge < -0.3 is 9.88 Å². The lowest BCUT2D eigenvalue weighted by Gasteiger charge is -2.15. The summed E-state index contributed by atoms with van der Waals surface area (Å²) in [6, 6.07) is 2.88. The number of nitrogens with zero attached hydrogens (tertiary/aromatic N) is 1. The molecule has 1 heterocycles. The van der Waals surface area contributed by atoms with Gasteiger partial charge in [-0.15, -0.1) is 0 Å². The van der Waals surface area contributed by atoms with Crippen molar-refractivity contribution < 1.29 is 0 Å². The van der Waals surface area contributed by atoms with E-state index in [1.807, 2.05) is 0 Å². The summed E-state index contributed by atoms with van der Waals surface area (Å²) in [6.07, 6.45) is 8.54. The SMILES string of the molecule is CCCn1ccc(C(NCC)C2CC2)c1. The monoisotopic (exact) mass is 206 g/mol. The predicted octanol–water partition coefficient (Wildman–Crippen LogP) is 2.96. The number of rotatable bonds is 6. The average molecular weight is 206 g/mol. The van der Waals surface area contributed by atoms with Crippen LogP contribution in [0.5, 0.6) is 0 Å². The van der Waals surface area contributed by atoms with Crippen molar-refractivity contribution in [2.45, 2.75) is 45.7 Å². The molecule has 1 N–H and O–H groups in total. The first kappa shape index (κ1) is 10.7. The number of hydrogen-bond donors (Lipinski definition) is 1. The van der Waals surface area contributed by atoms with Crippen molar-refractivity contribution >= 4 is 0 Å². The fourth-order valence-electron chi connectivity index (χ4n) is 2.25. The van der Waals surface area contributed by atoms with Crippen molar-refractivity contribution in [3.05, 3.63) is 24.0 Å². The Hall–Kier alpha value is -0.760. The summed E-state index contributed by atoms with van der Waals surface area (Å²) < 4.78 is 2.31. The quantitative estimate of drug-likeness (QED) is 0.757. The van der Waals surface area contributed by atoms with E-state index in [0.717, 1.165) is 19.0 Å². The first-order valence-electron chi connectivity index (χ1n) is 6.24. The van der Waals surface area contributed by atoms with Gasteiger partial charge in [0.05, 0.1) is 0 Å². The molecule has 15 heavy (non-hydrogen) atoms. The fourth-order valence-corrected chi connectivity index (χ4v) is 2.25. The van der Waals surface area contributed by atoms with Gasteiger partial charge in [0, 0.05) is 25.0 Å². The van der Waals surface area contributed by atoms with E-state index in [0.29, 0.717) is 6.04 Å². The van der Waals surface area contributed by atoms with Crippen molar-refractivity contribution in [2.75, 3.05) is 6.54 Å². The predicted molar refractivity (Wildman–Crippen MR) is 63.9 cm³/mol. The summed E-state index contributed by atoms with van der Waals surface area (Å²) in [7, 11) is 0. The Labute approximate surface area is 92.7 Å². The van der Waals surface area contributed by atoms with E-state index in [4.69, 9.17) is 0 Å². The van der Waals surface area contributed by atoms with Crippen LogP contribution in [0, 0.1) is 5.92 Å². The zero-order valence-corrected chi connectivity index (χ0v) is 9.87. The van der Waals surface area contributed by atoms with Crippen LogP contribution in [-0.4, -0.2) is 11.1 Å². The Kier molecular flexibility index (Phi) is 3.47. The largest absolute Gasteiger partial charge is 0.354 e. The van der Waals surface area contributed by atoms with E-state index in [2.05, 4.69) is 42.2 Å². The van der Waals surface area contributed by atoms with Gasteiger partial charge >= 0.3 is 0 Å². The molecule has 1 aromatic rings. The van der Waals surface area contributed by atoms with E-state index < -0.39 is 0 Å². The molecule has 1 saturated carbocycles. The molecule has 84 valence electrons. The van der Waals surface area contributed by atoms with Gasteiger partial charge in [-0.05, 0) is 43.4 Å². The molecule has 1 fully saturated rings. The van der Waals surface area contributed by atoms with E-state index in [1.165, 1.54) is 24.8 Å². The maximum absolute atomic E-state index is 3.60. The standard InChI is InChI=1S/C13H22N2/c1-3-8-15-9-7-12(10-15)13(14-4-2)11-5-6-11/h7,9-11,13-14H,3-6,8H2,1-2H3. The van der Waals surface area contributed by atoms with E-state index in [9.17, 15) is 0 Å². The third-order valence-electron chi connectivity index (χ3n) is 3.13. The minimum Gasteiger partial charge on any atom is -0.354 e. The molecule has 1 aliphatic carbocycles. The van der Waals surface area contributed by atoms with E-state index in [1.54, 1.807) is 0 Å². The zero-order chi connectivity index (χ0) is 10.7. The number of nitrogens with one attached hydrogen (secondary N) is 1. The maximum atomic E-state index is 3.60. The van der Waals surface area contributed by atoms with Crippen LogP contribution < -0.4 is 5.32 Å². The molecular weight excluding hydrogens is 184 g/mol. The molecule has 0 bridgehead atoms. The molecule has 0 spiro atoms. The number of aromatic nitrogens is 1. The summed E-state index contributed by atoms with van der Waals surface area (Å²) in [4.78, 5) is 0. The van der Waals surface area contributed by atoms with Crippen molar-refractivity contribution in [1.29, 1.82) is 0 Å². The topological polar surface area (TPSA) is 17.0 Å². The Morgan fingerprint density at radius 1 is 1.47 bits per heavy atom. The molecular formula is C13H22N2. The third kappa shape index (κ3) is 2.63.